The second-order valence-electron chi connectivity index (χ2n) is 5.83. The molecule has 0 saturated heterocycles. The topological polar surface area (TPSA) is 65.5 Å². The van der Waals surface area contributed by atoms with E-state index in [9.17, 15) is 18.0 Å². The predicted octanol–water partition coefficient (Wildman–Crippen LogP) is 4.02. The molecule has 0 aromatic heterocycles. The number of anilines is 2. The molecule has 5 nitrogen and oxygen atoms in total. The summed E-state index contributed by atoms with van der Waals surface area (Å²) in [4.78, 5) is 16.3. The Morgan fingerprint density at radius 1 is 1.12 bits per heavy atom. The maximum Gasteiger partial charge on any atom is 0.416 e. The zero-order chi connectivity index (χ0) is 18.9. The molecule has 0 bridgehead atoms. The van der Waals surface area contributed by atoms with Crippen LogP contribution < -0.4 is 16.0 Å². The standard InChI is InChI=1S/C18H17F3N4O/c1-10(22-2)23-17(26)13-4-3-5-14-15(13)25-16(24-14)11-6-8-12(9-7-11)18(19,20)21/h3-9,16,24-25H,1-2H3,(H,22,23,26). The number of para-hydroxylation sites is 1. The predicted molar refractivity (Wildman–Crippen MR) is 94.4 cm³/mol. The van der Waals surface area contributed by atoms with E-state index in [0.717, 1.165) is 12.1 Å². The Morgan fingerprint density at radius 2 is 1.81 bits per heavy atom. The van der Waals surface area contributed by atoms with E-state index in [0.29, 0.717) is 28.3 Å². The highest BCUT2D eigenvalue weighted by Crippen LogP contribution is 2.38. The normalized spacial score (nSPS) is 16.5. The van der Waals surface area contributed by atoms with E-state index in [1.807, 2.05) is 0 Å². The summed E-state index contributed by atoms with van der Waals surface area (Å²) in [6, 6.07) is 10.1. The van der Waals surface area contributed by atoms with Gasteiger partial charge in [-0.3, -0.25) is 9.79 Å². The Hall–Kier alpha value is -3.03. The summed E-state index contributed by atoms with van der Waals surface area (Å²) in [7, 11) is 1.57. The van der Waals surface area contributed by atoms with Crippen LogP contribution in [0, 0.1) is 0 Å². The maximum atomic E-state index is 12.7. The van der Waals surface area contributed by atoms with Crippen molar-refractivity contribution in [2.75, 3.05) is 17.7 Å². The van der Waals surface area contributed by atoms with Gasteiger partial charge < -0.3 is 16.0 Å². The van der Waals surface area contributed by atoms with Gasteiger partial charge in [0.05, 0.1) is 28.3 Å². The van der Waals surface area contributed by atoms with Crippen LogP contribution in [-0.2, 0) is 6.18 Å². The van der Waals surface area contributed by atoms with E-state index >= 15 is 0 Å². The number of fused-ring (bicyclic) bond motifs is 1. The highest BCUT2D eigenvalue weighted by atomic mass is 19.4. The SMILES string of the molecule is CN=C(C)NC(=O)c1cccc2c1NC(c1ccc(C(F)(F)F)cc1)N2. The van der Waals surface area contributed by atoms with Gasteiger partial charge >= 0.3 is 6.18 Å². The molecule has 2 aromatic rings. The summed E-state index contributed by atoms with van der Waals surface area (Å²) in [6.45, 7) is 1.68. The summed E-state index contributed by atoms with van der Waals surface area (Å²) in [5.74, 6) is 0.171. The number of amidine groups is 1. The Labute approximate surface area is 148 Å². The summed E-state index contributed by atoms with van der Waals surface area (Å²) >= 11 is 0. The van der Waals surface area contributed by atoms with Crippen molar-refractivity contribution in [3.8, 4) is 0 Å². The smallest absolute Gasteiger partial charge is 0.360 e. The van der Waals surface area contributed by atoms with E-state index in [1.165, 1.54) is 12.1 Å². The first kappa shape index (κ1) is 17.8. The number of aliphatic imine (C=N–C) groups is 1. The van der Waals surface area contributed by atoms with Crippen molar-refractivity contribution in [3.05, 3.63) is 59.2 Å². The molecule has 1 atom stereocenters. The number of amides is 1. The van der Waals surface area contributed by atoms with E-state index in [1.54, 1.807) is 32.2 Å². The quantitative estimate of drug-likeness (QED) is 0.558. The highest BCUT2D eigenvalue weighted by Gasteiger charge is 2.31. The molecule has 1 heterocycles. The minimum absolute atomic E-state index is 0.313. The Bertz CT molecular complexity index is 860. The number of carbonyl (C=O) groups is 1. The largest absolute Gasteiger partial charge is 0.416 e. The van der Waals surface area contributed by atoms with Gasteiger partial charge in [0.25, 0.3) is 5.91 Å². The highest BCUT2D eigenvalue weighted by molar-refractivity contribution is 6.10. The third-order valence-corrected chi connectivity index (χ3v) is 4.10. The molecule has 1 aliphatic rings. The number of hydrogen-bond donors (Lipinski definition) is 3. The Morgan fingerprint density at radius 3 is 2.42 bits per heavy atom. The lowest BCUT2D eigenvalue weighted by Gasteiger charge is -2.14. The van der Waals surface area contributed by atoms with Crippen molar-refractivity contribution in [2.45, 2.75) is 19.3 Å². The van der Waals surface area contributed by atoms with Crippen LogP contribution in [0.25, 0.3) is 0 Å². The zero-order valence-corrected chi connectivity index (χ0v) is 14.1. The van der Waals surface area contributed by atoms with Gasteiger partial charge in [0.2, 0.25) is 0 Å². The van der Waals surface area contributed by atoms with Gasteiger partial charge in [-0.05, 0) is 36.8 Å². The number of benzene rings is 2. The van der Waals surface area contributed by atoms with Crippen LogP contribution in [0.5, 0.6) is 0 Å². The molecule has 2 aromatic carbocycles. The number of nitrogens with one attached hydrogen (secondary N) is 3. The van der Waals surface area contributed by atoms with Crippen LogP contribution >= 0.6 is 0 Å². The Balaban J connectivity index is 1.83. The average molecular weight is 362 g/mol. The molecule has 26 heavy (non-hydrogen) atoms. The number of carbonyl (C=O) groups excluding carboxylic acids is 1. The summed E-state index contributed by atoms with van der Waals surface area (Å²) in [5, 5.41) is 9.00. The lowest BCUT2D eigenvalue weighted by Crippen LogP contribution is -2.28. The molecule has 3 N–H and O–H groups in total. The Kier molecular flexibility index (Phi) is 4.58. The van der Waals surface area contributed by atoms with E-state index in [2.05, 4.69) is 20.9 Å². The fourth-order valence-corrected chi connectivity index (χ4v) is 2.67. The van der Waals surface area contributed by atoms with Crippen LogP contribution in [0.3, 0.4) is 0 Å². The second-order valence-corrected chi connectivity index (χ2v) is 5.83. The fourth-order valence-electron chi connectivity index (χ4n) is 2.67. The molecule has 0 spiro atoms. The lowest BCUT2D eigenvalue weighted by atomic mass is 10.1. The van der Waals surface area contributed by atoms with E-state index in [-0.39, 0.29) is 5.91 Å². The molecule has 0 fully saturated rings. The van der Waals surface area contributed by atoms with Crippen molar-refractivity contribution in [2.24, 2.45) is 4.99 Å². The third-order valence-electron chi connectivity index (χ3n) is 4.10. The molecule has 3 rings (SSSR count). The number of nitrogens with zero attached hydrogens (tertiary/aromatic N) is 1. The zero-order valence-electron chi connectivity index (χ0n) is 14.1. The van der Waals surface area contributed by atoms with Gasteiger partial charge in [-0.1, -0.05) is 18.2 Å². The van der Waals surface area contributed by atoms with Gasteiger partial charge in [-0.15, -0.1) is 0 Å². The molecular weight excluding hydrogens is 345 g/mol. The van der Waals surface area contributed by atoms with E-state index in [4.69, 9.17) is 0 Å². The molecule has 0 aliphatic carbocycles. The monoisotopic (exact) mass is 362 g/mol. The van der Waals surface area contributed by atoms with E-state index < -0.39 is 17.9 Å². The molecular formula is C18H17F3N4O. The van der Waals surface area contributed by atoms with Gasteiger partial charge in [0.1, 0.15) is 6.17 Å². The molecule has 1 aliphatic heterocycles. The number of hydrogen-bond acceptors (Lipinski definition) is 4. The first-order chi connectivity index (χ1) is 12.3. The molecule has 8 heteroatoms. The van der Waals surface area contributed by atoms with Gasteiger partial charge in [0.15, 0.2) is 0 Å². The number of rotatable bonds is 2. The molecule has 1 unspecified atom stereocenters. The fraction of sp³-hybridized carbons (Fsp3) is 0.222. The van der Waals surface area contributed by atoms with Crippen LogP contribution in [0.15, 0.2) is 47.5 Å². The summed E-state index contributed by atoms with van der Waals surface area (Å²) < 4.78 is 38.1. The average Bonchev–Trinajstić information content (AvgIpc) is 3.05. The second kappa shape index (κ2) is 6.70. The molecule has 136 valence electrons. The van der Waals surface area contributed by atoms with Crippen LogP contribution in [0.2, 0.25) is 0 Å². The van der Waals surface area contributed by atoms with Crippen molar-refractivity contribution in [1.29, 1.82) is 0 Å². The van der Waals surface area contributed by atoms with Crippen LogP contribution in [0.1, 0.15) is 34.6 Å². The van der Waals surface area contributed by atoms with Gasteiger partial charge in [-0.2, -0.15) is 13.2 Å². The minimum Gasteiger partial charge on any atom is -0.360 e. The van der Waals surface area contributed by atoms with Crippen molar-refractivity contribution < 1.29 is 18.0 Å². The van der Waals surface area contributed by atoms with Crippen molar-refractivity contribution in [1.82, 2.24) is 5.32 Å². The first-order valence-electron chi connectivity index (χ1n) is 7.87. The van der Waals surface area contributed by atoms with Crippen molar-refractivity contribution >= 4 is 23.1 Å². The molecule has 0 saturated carbocycles. The third kappa shape index (κ3) is 3.49. The molecule has 0 radical (unpaired) electrons. The summed E-state index contributed by atoms with van der Waals surface area (Å²) in [6.07, 6.45) is -4.80. The van der Waals surface area contributed by atoms with Crippen LogP contribution in [0.4, 0.5) is 24.5 Å². The lowest BCUT2D eigenvalue weighted by molar-refractivity contribution is -0.137. The van der Waals surface area contributed by atoms with Gasteiger partial charge in [-0.25, -0.2) is 0 Å². The maximum absolute atomic E-state index is 12.7. The number of halogens is 3. The first-order valence-corrected chi connectivity index (χ1v) is 7.87. The molecule has 1 amide bonds. The van der Waals surface area contributed by atoms with Crippen LogP contribution in [-0.4, -0.2) is 18.8 Å². The summed E-state index contributed by atoms with van der Waals surface area (Å²) in [5.41, 5.74) is 1.65. The minimum atomic E-state index is -4.37. The van der Waals surface area contributed by atoms with Crippen molar-refractivity contribution in [3.63, 3.8) is 0 Å². The van der Waals surface area contributed by atoms with Gasteiger partial charge in [0, 0.05) is 7.05 Å². The number of alkyl halides is 3.